The molecule has 0 aromatic rings. The summed E-state index contributed by atoms with van der Waals surface area (Å²) in [6.07, 6.45) is 6.68. The minimum Gasteiger partial charge on any atom is -0.284 e. The maximum Gasteiger partial charge on any atom is 0.0852 e. The molecule has 1 unspecified atom stereocenters. The predicted octanol–water partition coefficient (Wildman–Crippen LogP) is 2.20. The maximum atomic E-state index is 6.14. The van der Waals surface area contributed by atoms with Crippen LogP contribution in [0.1, 0.15) is 32.1 Å². The average Bonchev–Trinajstić information content (AvgIpc) is 2.71. The molecule has 0 aromatic heterocycles. The second-order valence-electron chi connectivity index (χ2n) is 3.40. The van der Waals surface area contributed by atoms with Gasteiger partial charge in [-0.3, -0.25) is 4.90 Å². The van der Waals surface area contributed by atoms with Gasteiger partial charge in [0.25, 0.3) is 0 Å². The zero-order chi connectivity index (χ0) is 6.97. The van der Waals surface area contributed by atoms with E-state index in [1.807, 2.05) is 0 Å². The fourth-order valence-corrected chi connectivity index (χ4v) is 2.14. The van der Waals surface area contributed by atoms with Gasteiger partial charge in [0.2, 0.25) is 0 Å². The van der Waals surface area contributed by atoms with Crippen LogP contribution in [-0.4, -0.2) is 23.0 Å². The molecule has 10 heavy (non-hydrogen) atoms. The van der Waals surface area contributed by atoms with Gasteiger partial charge in [-0.05, 0) is 38.6 Å². The fourth-order valence-electron chi connectivity index (χ4n) is 1.73. The molecule has 2 heteroatoms. The Hall–Kier alpha value is 0.250. The van der Waals surface area contributed by atoms with E-state index in [9.17, 15) is 0 Å². The van der Waals surface area contributed by atoms with Crippen LogP contribution in [0.2, 0.25) is 0 Å². The van der Waals surface area contributed by atoms with E-state index < -0.39 is 0 Å². The van der Waals surface area contributed by atoms with Crippen molar-refractivity contribution in [2.24, 2.45) is 0 Å². The first-order valence-corrected chi connectivity index (χ1v) is 4.71. The molecule has 2 aliphatic rings. The third-order valence-electron chi connectivity index (χ3n) is 2.48. The van der Waals surface area contributed by atoms with Gasteiger partial charge < -0.3 is 0 Å². The zero-order valence-electron chi connectivity index (χ0n) is 6.22. The van der Waals surface area contributed by atoms with Crippen LogP contribution in [0.3, 0.4) is 0 Å². The third-order valence-corrected chi connectivity index (χ3v) is 2.95. The highest BCUT2D eigenvalue weighted by atomic mass is 35.5. The maximum absolute atomic E-state index is 6.14. The smallest absolute Gasteiger partial charge is 0.0852 e. The highest BCUT2D eigenvalue weighted by molar-refractivity contribution is 6.20. The normalized spacial score (nSPS) is 36.3. The average molecular weight is 160 g/mol. The van der Waals surface area contributed by atoms with E-state index in [0.717, 1.165) is 6.04 Å². The Balaban J connectivity index is 1.90. The number of piperidine rings is 1. The lowest BCUT2D eigenvalue weighted by Gasteiger charge is -2.31. The Bertz CT molecular complexity index is 122. The lowest BCUT2D eigenvalue weighted by atomic mass is 10.1. The first-order valence-electron chi connectivity index (χ1n) is 4.28. The molecule has 0 aromatic carbocycles. The first-order chi connectivity index (χ1) is 4.88. The third kappa shape index (κ3) is 1.30. The zero-order valence-corrected chi connectivity index (χ0v) is 6.98. The van der Waals surface area contributed by atoms with E-state index in [1.54, 1.807) is 0 Å². The van der Waals surface area contributed by atoms with Crippen molar-refractivity contribution in [2.75, 3.05) is 6.54 Å². The molecule has 1 saturated heterocycles. The van der Waals surface area contributed by atoms with Gasteiger partial charge >= 0.3 is 0 Å². The summed E-state index contributed by atoms with van der Waals surface area (Å²) in [5, 5.41) is 0. The van der Waals surface area contributed by atoms with Crippen LogP contribution in [0.25, 0.3) is 0 Å². The summed E-state index contributed by atoms with van der Waals surface area (Å²) in [5.74, 6) is 0. The van der Waals surface area contributed by atoms with Crippen molar-refractivity contribution in [1.82, 2.24) is 4.90 Å². The first kappa shape index (κ1) is 6.93. The van der Waals surface area contributed by atoms with Crippen molar-refractivity contribution in [1.29, 1.82) is 0 Å². The molecule has 1 atom stereocenters. The Labute approximate surface area is 67.3 Å². The van der Waals surface area contributed by atoms with Crippen molar-refractivity contribution in [3.63, 3.8) is 0 Å². The van der Waals surface area contributed by atoms with Gasteiger partial charge in [0, 0.05) is 6.04 Å². The number of alkyl halides is 1. The van der Waals surface area contributed by atoms with Crippen LogP contribution in [0.15, 0.2) is 0 Å². The second-order valence-corrected chi connectivity index (χ2v) is 3.90. The summed E-state index contributed by atoms with van der Waals surface area (Å²) in [5.41, 5.74) is 0.362. The fraction of sp³-hybridized carbons (Fsp3) is 1.00. The van der Waals surface area contributed by atoms with E-state index in [4.69, 9.17) is 11.6 Å². The SMILES string of the molecule is ClC1CCCCN1C1CC1. The number of halogens is 1. The number of rotatable bonds is 1. The highest BCUT2D eigenvalue weighted by Gasteiger charge is 2.33. The topological polar surface area (TPSA) is 3.24 Å². The summed E-state index contributed by atoms with van der Waals surface area (Å²) in [6.45, 7) is 1.25. The summed E-state index contributed by atoms with van der Waals surface area (Å²) >= 11 is 6.14. The molecular weight excluding hydrogens is 146 g/mol. The van der Waals surface area contributed by atoms with Gasteiger partial charge in [-0.15, -0.1) is 11.6 Å². The molecule has 0 spiro atoms. The van der Waals surface area contributed by atoms with E-state index in [1.165, 1.54) is 38.6 Å². The van der Waals surface area contributed by atoms with Gasteiger partial charge in [-0.2, -0.15) is 0 Å². The van der Waals surface area contributed by atoms with Crippen LogP contribution in [0, 0.1) is 0 Å². The van der Waals surface area contributed by atoms with Crippen LogP contribution >= 0.6 is 11.6 Å². The second kappa shape index (κ2) is 2.71. The predicted molar refractivity (Wildman–Crippen MR) is 43.2 cm³/mol. The van der Waals surface area contributed by atoms with Crippen molar-refractivity contribution in [3.05, 3.63) is 0 Å². The standard InChI is InChI=1S/C8H14ClN/c9-8-3-1-2-6-10(8)7-4-5-7/h7-8H,1-6H2. The molecule has 1 nitrogen and oxygen atoms in total. The number of hydrogen-bond donors (Lipinski definition) is 0. The van der Waals surface area contributed by atoms with Crippen molar-refractivity contribution < 1.29 is 0 Å². The lowest BCUT2D eigenvalue weighted by molar-refractivity contribution is 0.192. The van der Waals surface area contributed by atoms with Crippen molar-refractivity contribution in [3.8, 4) is 0 Å². The van der Waals surface area contributed by atoms with Crippen molar-refractivity contribution in [2.45, 2.75) is 43.6 Å². The largest absolute Gasteiger partial charge is 0.284 e. The van der Waals surface area contributed by atoms with Gasteiger partial charge in [0.15, 0.2) is 0 Å². The van der Waals surface area contributed by atoms with Gasteiger partial charge in [-0.1, -0.05) is 0 Å². The molecule has 1 aliphatic heterocycles. The molecule has 2 rings (SSSR count). The van der Waals surface area contributed by atoms with Crippen LogP contribution in [0.5, 0.6) is 0 Å². The lowest BCUT2D eigenvalue weighted by Crippen LogP contribution is -2.37. The van der Waals surface area contributed by atoms with E-state index >= 15 is 0 Å². The van der Waals surface area contributed by atoms with E-state index in [-0.39, 0.29) is 0 Å². The van der Waals surface area contributed by atoms with Gasteiger partial charge in [0.1, 0.15) is 0 Å². The Kier molecular flexibility index (Phi) is 1.88. The van der Waals surface area contributed by atoms with Crippen LogP contribution in [0.4, 0.5) is 0 Å². The number of likely N-dealkylation sites (tertiary alicyclic amines) is 1. The summed E-state index contributed by atoms with van der Waals surface area (Å²) in [6, 6.07) is 0.864. The number of nitrogens with zero attached hydrogens (tertiary/aromatic N) is 1. The Morgan fingerprint density at radius 2 is 1.90 bits per heavy atom. The quantitative estimate of drug-likeness (QED) is 0.419. The molecule has 2 fully saturated rings. The van der Waals surface area contributed by atoms with Crippen molar-refractivity contribution >= 4 is 11.6 Å². The van der Waals surface area contributed by atoms with Gasteiger partial charge in [0.05, 0.1) is 5.50 Å². The molecular formula is C8H14ClN. The molecule has 1 heterocycles. The van der Waals surface area contributed by atoms with Crippen LogP contribution < -0.4 is 0 Å². The molecule has 0 radical (unpaired) electrons. The minimum atomic E-state index is 0.362. The molecule has 1 aliphatic carbocycles. The summed E-state index contributed by atoms with van der Waals surface area (Å²) in [7, 11) is 0. The van der Waals surface area contributed by atoms with Gasteiger partial charge in [-0.25, -0.2) is 0 Å². The Morgan fingerprint density at radius 3 is 2.50 bits per heavy atom. The highest BCUT2D eigenvalue weighted by Crippen LogP contribution is 2.33. The monoisotopic (exact) mass is 159 g/mol. The molecule has 0 amide bonds. The number of hydrogen-bond acceptors (Lipinski definition) is 1. The van der Waals surface area contributed by atoms with E-state index in [0.29, 0.717) is 5.50 Å². The van der Waals surface area contributed by atoms with Crippen LogP contribution in [-0.2, 0) is 0 Å². The summed E-state index contributed by atoms with van der Waals surface area (Å²) < 4.78 is 0. The van der Waals surface area contributed by atoms with E-state index in [2.05, 4.69) is 4.90 Å². The summed E-state index contributed by atoms with van der Waals surface area (Å²) in [4.78, 5) is 2.48. The molecule has 0 N–H and O–H groups in total. The molecule has 0 bridgehead atoms. The molecule has 1 saturated carbocycles. The Morgan fingerprint density at radius 1 is 1.10 bits per heavy atom. The minimum absolute atomic E-state index is 0.362. The molecule has 58 valence electrons.